The molecule has 0 atom stereocenters. The lowest BCUT2D eigenvalue weighted by Gasteiger charge is -2.07. The van der Waals surface area contributed by atoms with Crippen molar-refractivity contribution in [3.63, 3.8) is 0 Å². The fraction of sp³-hybridized carbons (Fsp3) is 0.0500. The summed E-state index contributed by atoms with van der Waals surface area (Å²) in [7, 11) is 0. The largest absolute Gasteiger partial charge is 0.444 e. The average molecular weight is 344 g/mol. The maximum atomic E-state index is 12.6. The Morgan fingerprint density at radius 2 is 1.81 bits per heavy atom. The van der Waals surface area contributed by atoms with Gasteiger partial charge in [0.25, 0.3) is 5.91 Å². The summed E-state index contributed by atoms with van der Waals surface area (Å²) in [5.41, 5.74) is 3.83. The van der Waals surface area contributed by atoms with Crippen molar-refractivity contribution in [2.24, 2.45) is 0 Å². The molecule has 1 amide bonds. The molecule has 0 aliphatic heterocycles. The summed E-state index contributed by atoms with van der Waals surface area (Å²) in [5.74, 6) is 0.486. The second-order valence-electron chi connectivity index (χ2n) is 5.79. The minimum Gasteiger partial charge on any atom is -0.444 e. The molecule has 0 saturated heterocycles. The van der Waals surface area contributed by atoms with Crippen LogP contribution in [0.25, 0.3) is 17.0 Å². The van der Waals surface area contributed by atoms with Crippen molar-refractivity contribution in [3.8, 4) is 17.0 Å². The van der Waals surface area contributed by atoms with Gasteiger partial charge < -0.3 is 9.73 Å². The molecular weight excluding hydrogens is 328 g/mol. The van der Waals surface area contributed by atoms with Gasteiger partial charge in [0.05, 0.1) is 29.3 Å². The SMILES string of the molecule is Cc1c(C(=O)Nc2ccc(-c3cnco3)cc2)cnn1-c1ccccc1. The van der Waals surface area contributed by atoms with Gasteiger partial charge in [0.2, 0.25) is 0 Å². The summed E-state index contributed by atoms with van der Waals surface area (Å²) in [4.78, 5) is 16.5. The predicted molar refractivity (Wildman–Crippen MR) is 98.2 cm³/mol. The van der Waals surface area contributed by atoms with E-state index in [2.05, 4.69) is 15.4 Å². The van der Waals surface area contributed by atoms with Crippen LogP contribution in [-0.4, -0.2) is 20.7 Å². The Bertz CT molecular complexity index is 1020. The standard InChI is InChI=1S/C20H16N4O2/c1-14-18(11-22-24(14)17-5-3-2-4-6-17)20(25)23-16-9-7-15(8-10-16)19-12-21-13-26-19/h2-13H,1H3,(H,23,25). The van der Waals surface area contributed by atoms with E-state index >= 15 is 0 Å². The van der Waals surface area contributed by atoms with Gasteiger partial charge in [-0.15, -0.1) is 0 Å². The van der Waals surface area contributed by atoms with Crippen LogP contribution in [0.15, 0.2) is 77.8 Å². The van der Waals surface area contributed by atoms with Crippen LogP contribution in [0.1, 0.15) is 16.1 Å². The maximum Gasteiger partial charge on any atom is 0.259 e. The van der Waals surface area contributed by atoms with E-state index in [0.717, 1.165) is 16.9 Å². The molecular formula is C20H16N4O2. The van der Waals surface area contributed by atoms with E-state index in [9.17, 15) is 4.79 Å². The van der Waals surface area contributed by atoms with Crippen LogP contribution >= 0.6 is 0 Å². The number of oxazole rings is 1. The van der Waals surface area contributed by atoms with Gasteiger partial charge >= 0.3 is 0 Å². The number of rotatable bonds is 4. The third-order valence-electron chi connectivity index (χ3n) is 4.11. The number of nitrogens with zero attached hydrogens (tertiary/aromatic N) is 3. The number of benzene rings is 2. The zero-order valence-corrected chi connectivity index (χ0v) is 14.1. The Balaban J connectivity index is 1.53. The summed E-state index contributed by atoms with van der Waals surface area (Å²) in [6, 6.07) is 17.1. The molecule has 4 rings (SSSR count). The minimum atomic E-state index is -0.197. The van der Waals surface area contributed by atoms with E-state index in [1.165, 1.54) is 6.39 Å². The van der Waals surface area contributed by atoms with Crippen LogP contribution in [0.3, 0.4) is 0 Å². The maximum absolute atomic E-state index is 12.6. The van der Waals surface area contributed by atoms with E-state index in [4.69, 9.17) is 4.42 Å². The first-order valence-corrected chi connectivity index (χ1v) is 8.13. The molecule has 0 saturated carbocycles. The summed E-state index contributed by atoms with van der Waals surface area (Å²) < 4.78 is 7.01. The fourth-order valence-electron chi connectivity index (χ4n) is 2.74. The number of para-hydroxylation sites is 1. The highest BCUT2D eigenvalue weighted by molar-refractivity contribution is 6.05. The van der Waals surface area contributed by atoms with E-state index in [1.807, 2.05) is 61.5 Å². The third-order valence-corrected chi connectivity index (χ3v) is 4.11. The Labute approximate surface area is 150 Å². The third kappa shape index (κ3) is 3.00. The molecule has 6 heteroatoms. The van der Waals surface area contributed by atoms with Gasteiger partial charge in [-0.1, -0.05) is 18.2 Å². The number of carbonyl (C=O) groups is 1. The molecule has 128 valence electrons. The Morgan fingerprint density at radius 1 is 1.04 bits per heavy atom. The van der Waals surface area contributed by atoms with Gasteiger partial charge in [-0.3, -0.25) is 4.79 Å². The van der Waals surface area contributed by atoms with Crippen LogP contribution in [-0.2, 0) is 0 Å². The number of aromatic nitrogens is 3. The van der Waals surface area contributed by atoms with Crippen molar-refractivity contribution < 1.29 is 9.21 Å². The van der Waals surface area contributed by atoms with Gasteiger partial charge in [0, 0.05) is 11.3 Å². The second kappa shape index (κ2) is 6.68. The lowest BCUT2D eigenvalue weighted by atomic mass is 10.1. The average Bonchev–Trinajstić information content (AvgIpc) is 3.33. The normalized spacial score (nSPS) is 10.7. The molecule has 2 heterocycles. The van der Waals surface area contributed by atoms with E-state index in [-0.39, 0.29) is 5.91 Å². The van der Waals surface area contributed by atoms with Gasteiger partial charge in [-0.2, -0.15) is 5.10 Å². The molecule has 2 aromatic heterocycles. The highest BCUT2D eigenvalue weighted by Gasteiger charge is 2.15. The first-order chi connectivity index (χ1) is 12.7. The molecule has 0 spiro atoms. The summed E-state index contributed by atoms with van der Waals surface area (Å²) in [6.07, 6.45) is 4.62. The van der Waals surface area contributed by atoms with Crippen molar-refractivity contribution >= 4 is 11.6 Å². The molecule has 1 N–H and O–H groups in total. The quantitative estimate of drug-likeness (QED) is 0.605. The lowest BCUT2D eigenvalue weighted by Crippen LogP contribution is -2.13. The van der Waals surface area contributed by atoms with Gasteiger partial charge in [-0.05, 0) is 43.3 Å². The van der Waals surface area contributed by atoms with Crippen LogP contribution in [0.4, 0.5) is 5.69 Å². The van der Waals surface area contributed by atoms with E-state index < -0.39 is 0 Å². The zero-order chi connectivity index (χ0) is 17.9. The van der Waals surface area contributed by atoms with E-state index in [0.29, 0.717) is 17.0 Å². The molecule has 2 aromatic carbocycles. The molecule has 0 fully saturated rings. The minimum absolute atomic E-state index is 0.197. The number of carbonyl (C=O) groups excluding carboxylic acids is 1. The highest BCUT2D eigenvalue weighted by Crippen LogP contribution is 2.21. The first-order valence-electron chi connectivity index (χ1n) is 8.13. The van der Waals surface area contributed by atoms with Crippen molar-refractivity contribution in [2.75, 3.05) is 5.32 Å². The number of hydrogen-bond acceptors (Lipinski definition) is 4. The lowest BCUT2D eigenvalue weighted by molar-refractivity contribution is 0.102. The first kappa shape index (κ1) is 15.8. The molecule has 0 unspecified atom stereocenters. The van der Waals surface area contributed by atoms with Gasteiger partial charge in [-0.25, -0.2) is 9.67 Å². The summed E-state index contributed by atoms with van der Waals surface area (Å²) in [5, 5.41) is 7.23. The zero-order valence-electron chi connectivity index (χ0n) is 14.1. The summed E-state index contributed by atoms with van der Waals surface area (Å²) >= 11 is 0. The van der Waals surface area contributed by atoms with Gasteiger partial charge in [0.1, 0.15) is 0 Å². The molecule has 4 aromatic rings. The number of amides is 1. The number of nitrogens with one attached hydrogen (secondary N) is 1. The molecule has 0 aliphatic rings. The molecule has 0 radical (unpaired) electrons. The van der Waals surface area contributed by atoms with Crippen LogP contribution in [0.5, 0.6) is 0 Å². The molecule has 6 nitrogen and oxygen atoms in total. The smallest absolute Gasteiger partial charge is 0.259 e. The topological polar surface area (TPSA) is 73.0 Å². The summed E-state index contributed by atoms with van der Waals surface area (Å²) in [6.45, 7) is 1.88. The second-order valence-corrected chi connectivity index (χ2v) is 5.79. The monoisotopic (exact) mass is 344 g/mol. The van der Waals surface area contributed by atoms with Crippen LogP contribution in [0.2, 0.25) is 0 Å². The van der Waals surface area contributed by atoms with Crippen molar-refractivity contribution in [2.45, 2.75) is 6.92 Å². The van der Waals surface area contributed by atoms with Crippen LogP contribution < -0.4 is 5.32 Å². The highest BCUT2D eigenvalue weighted by atomic mass is 16.3. The van der Waals surface area contributed by atoms with Crippen LogP contribution in [0, 0.1) is 6.92 Å². The van der Waals surface area contributed by atoms with E-state index in [1.54, 1.807) is 17.1 Å². The Kier molecular flexibility index (Phi) is 4.07. The molecule has 0 aliphatic carbocycles. The predicted octanol–water partition coefficient (Wildman–Crippen LogP) is 4.09. The van der Waals surface area contributed by atoms with Crippen molar-refractivity contribution in [1.29, 1.82) is 0 Å². The Morgan fingerprint density at radius 3 is 2.50 bits per heavy atom. The number of anilines is 1. The number of hydrogen-bond donors (Lipinski definition) is 1. The fourth-order valence-corrected chi connectivity index (χ4v) is 2.74. The van der Waals surface area contributed by atoms with Crippen molar-refractivity contribution in [3.05, 3.63) is 84.6 Å². The van der Waals surface area contributed by atoms with Crippen molar-refractivity contribution in [1.82, 2.24) is 14.8 Å². The Hall–Kier alpha value is -3.67. The molecule has 26 heavy (non-hydrogen) atoms. The molecule has 0 bridgehead atoms. The van der Waals surface area contributed by atoms with Gasteiger partial charge in [0.15, 0.2) is 12.2 Å².